The molecule has 0 aliphatic heterocycles. The molecule has 0 fully saturated rings. The zero-order valence-electron chi connectivity index (χ0n) is 5.57. The number of hydrogen-bond acceptors (Lipinski definition) is 3. The summed E-state index contributed by atoms with van der Waals surface area (Å²) in [5, 5.41) is 0. The zero-order valence-corrected chi connectivity index (χ0v) is 11.7. The molecule has 0 radical (unpaired) electrons. The maximum atomic E-state index is 3.97. The summed E-state index contributed by atoms with van der Waals surface area (Å²) in [6, 6.07) is 0. The van der Waals surface area contributed by atoms with Gasteiger partial charge < -0.3 is 0 Å². The average molecular weight is 358 g/mol. The topological polar surface area (TPSA) is 37.1 Å². The molecule has 56 valence electrons. The predicted octanol–water partition coefficient (Wildman–Crippen LogP) is -1.22. The van der Waals surface area contributed by atoms with Crippen molar-refractivity contribution in [2.24, 2.45) is 14.0 Å². The number of hydrogen-bond donors (Lipinski definition) is 0. The second-order valence-electron chi connectivity index (χ2n) is 1.58. The van der Waals surface area contributed by atoms with Gasteiger partial charge in [-0.05, 0) is 0 Å². The van der Waals surface area contributed by atoms with Gasteiger partial charge in [0.2, 0.25) is 0 Å². The van der Waals surface area contributed by atoms with E-state index in [0.717, 1.165) is 0 Å². The van der Waals surface area contributed by atoms with Gasteiger partial charge in [0, 0.05) is 0 Å². The van der Waals surface area contributed by atoms with Crippen LogP contribution in [0.3, 0.4) is 0 Å². The van der Waals surface area contributed by atoms with Gasteiger partial charge in [-0.2, -0.15) is 0 Å². The van der Waals surface area contributed by atoms with E-state index >= 15 is 0 Å². The van der Waals surface area contributed by atoms with Crippen molar-refractivity contribution >= 4 is 69.4 Å². The molecule has 0 aromatic heterocycles. The van der Waals surface area contributed by atoms with Crippen molar-refractivity contribution in [3.8, 4) is 0 Å². The molecule has 7 heteroatoms. The molecule has 0 aliphatic rings. The number of rotatable bonds is 3. The Morgan fingerprint density at radius 2 is 1.18 bits per heavy atom. The fourth-order valence-corrected chi connectivity index (χ4v) is 4.27. The molecular weight excluding hydrogens is 355 g/mol. The molecule has 0 saturated heterocycles. The van der Waals surface area contributed by atoms with Gasteiger partial charge in [0.25, 0.3) is 0 Å². The zero-order chi connectivity index (χ0) is 8.74. The molecule has 0 rings (SSSR count). The van der Waals surface area contributed by atoms with E-state index < -0.39 is 8.56 Å². The van der Waals surface area contributed by atoms with E-state index in [9.17, 15) is 0 Å². The molecule has 0 bridgehead atoms. The minimum atomic E-state index is -2.30. The van der Waals surface area contributed by atoms with Gasteiger partial charge in [-0.25, -0.2) is 0 Å². The Labute approximate surface area is 89.4 Å². The molecule has 0 unspecified atom stereocenters. The summed E-state index contributed by atoms with van der Waals surface area (Å²) in [6.07, 6.45) is 0. The van der Waals surface area contributed by atoms with E-state index in [2.05, 4.69) is 74.8 Å². The Morgan fingerprint density at radius 3 is 1.36 bits per heavy atom. The van der Waals surface area contributed by atoms with Crippen LogP contribution in [0.4, 0.5) is 0 Å². The molecule has 0 aliphatic carbocycles. The molecule has 0 heterocycles. The maximum absolute atomic E-state index is 3.97. The van der Waals surface area contributed by atoms with Gasteiger partial charge in [-0.15, -0.1) is 0 Å². The van der Waals surface area contributed by atoms with Crippen LogP contribution in [0.1, 0.15) is 0 Å². The van der Waals surface area contributed by atoms with Gasteiger partial charge in [-0.3, -0.25) is 0 Å². The third-order valence-electron chi connectivity index (χ3n) is 0.772. The second kappa shape index (κ2) is 6.08. The SMILES string of the molecule is C[Si](N=C=[Se])(N=C=[Se])N=C=[Se]. The van der Waals surface area contributed by atoms with Crippen molar-refractivity contribution in [1.29, 1.82) is 0 Å². The Bertz CT molecular complexity index is 237. The summed E-state index contributed by atoms with van der Waals surface area (Å²) in [5.74, 6) is 0. The fraction of sp³-hybridized carbons (Fsp3) is 0.250. The Kier molecular flexibility index (Phi) is 6.36. The second-order valence-corrected chi connectivity index (χ2v) is 5.34. The normalized spacial score (nSPS) is 12.8. The molecule has 11 heavy (non-hydrogen) atoms. The summed E-state index contributed by atoms with van der Waals surface area (Å²) < 4.78 is 19.5. The molecule has 0 amide bonds. The molecule has 0 saturated carbocycles. The molecule has 0 spiro atoms. The fourth-order valence-electron chi connectivity index (χ4n) is 0.334. The number of nitrogens with zero attached hydrogens (tertiary/aromatic N) is 3. The first kappa shape index (κ1) is 11.5. The van der Waals surface area contributed by atoms with E-state index in [4.69, 9.17) is 0 Å². The van der Waals surface area contributed by atoms with Gasteiger partial charge in [0.1, 0.15) is 0 Å². The van der Waals surface area contributed by atoms with Gasteiger partial charge in [-0.1, -0.05) is 0 Å². The van der Waals surface area contributed by atoms with Crippen molar-refractivity contribution in [3.63, 3.8) is 0 Å². The monoisotopic (exact) mass is 361 g/mol. The van der Waals surface area contributed by atoms with Crippen LogP contribution in [0.5, 0.6) is 0 Å². The van der Waals surface area contributed by atoms with Crippen LogP contribution in [-0.4, -0.2) is 69.4 Å². The van der Waals surface area contributed by atoms with Crippen molar-refractivity contribution < 1.29 is 0 Å². The van der Waals surface area contributed by atoms with E-state index in [-0.39, 0.29) is 0 Å². The van der Waals surface area contributed by atoms with Crippen molar-refractivity contribution in [2.45, 2.75) is 6.55 Å². The van der Waals surface area contributed by atoms with Crippen LogP contribution in [-0.2, 0) is 0 Å². The molecule has 0 aromatic rings. The standard InChI is InChI=1S/C4H3N3Se3Si/c1-11(5-2-8,6-3-9)7-4-10/h1H3. The van der Waals surface area contributed by atoms with Crippen molar-refractivity contribution in [3.05, 3.63) is 0 Å². The summed E-state index contributed by atoms with van der Waals surface area (Å²) >= 11 is 7.61. The van der Waals surface area contributed by atoms with Crippen LogP contribution < -0.4 is 0 Å². The third-order valence-corrected chi connectivity index (χ3v) is 4.04. The minimum absolute atomic E-state index is 1.84. The summed E-state index contributed by atoms with van der Waals surface area (Å²) in [6.45, 7) is 1.84. The van der Waals surface area contributed by atoms with Crippen LogP contribution in [0.25, 0.3) is 0 Å². The molecule has 0 N–H and O–H groups in total. The van der Waals surface area contributed by atoms with Crippen LogP contribution in [0.15, 0.2) is 14.0 Å². The van der Waals surface area contributed by atoms with Crippen molar-refractivity contribution in [2.75, 3.05) is 0 Å². The van der Waals surface area contributed by atoms with E-state index in [1.54, 1.807) is 0 Å². The molecule has 0 aromatic carbocycles. The summed E-state index contributed by atoms with van der Waals surface area (Å²) in [5.41, 5.74) is 0. The first-order valence-corrected chi connectivity index (χ1v) is 7.37. The van der Waals surface area contributed by atoms with Crippen LogP contribution in [0.2, 0.25) is 6.55 Å². The van der Waals surface area contributed by atoms with Crippen LogP contribution in [0, 0.1) is 0 Å². The molecule has 3 nitrogen and oxygen atoms in total. The van der Waals surface area contributed by atoms with E-state index in [1.165, 1.54) is 0 Å². The molecular formula is C4H3N3Se3Si. The van der Waals surface area contributed by atoms with E-state index in [0.29, 0.717) is 0 Å². The van der Waals surface area contributed by atoms with Gasteiger partial charge in [0.05, 0.1) is 0 Å². The molecule has 0 atom stereocenters. The first-order chi connectivity index (χ1) is 5.18. The van der Waals surface area contributed by atoms with Crippen LogP contribution >= 0.6 is 0 Å². The predicted molar refractivity (Wildman–Crippen MR) is 51.2 cm³/mol. The quantitative estimate of drug-likeness (QED) is 0.448. The average Bonchev–Trinajstić information content (AvgIpc) is 1.88. The Morgan fingerprint density at radius 1 is 0.909 bits per heavy atom. The third kappa shape index (κ3) is 4.87. The Hall–Kier alpha value is 0.515. The summed E-state index contributed by atoms with van der Waals surface area (Å²) in [7, 11) is -2.30. The van der Waals surface area contributed by atoms with Crippen molar-refractivity contribution in [1.82, 2.24) is 0 Å². The Balaban J connectivity index is 4.94. The van der Waals surface area contributed by atoms with Gasteiger partial charge >= 0.3 is 89.9 Å². The first-order valence-electron chi connectivity index (χ1n) is 2.45. The van der Waals surface area contributed by atoms with E-state index in [1.807, 2.05) is 6.55 Å². The van der Waals surface area contributed by atoms with Gasteiger partial charge in [0.15, 0.2) is 0 Å². The summed E-state index contributed by atoms with van der Waals surface area (Å²) in [4.78, 5) is 0.